The first-order valence-corrected chi connectivity index (χ1v) is 6.19. The SMILES string of the molecule is CCNc1ncc(C(=O)Nc2ccncc2)cc1Cl. The minimum absolute atomic E-state index is 0.261. The van der Waals surface area contributed by atoms with Crippen LogP contribution in [0.25, 0.3) is 0 Å². The zero-order chi connectivity index (χ0) is 13.7. The lowest BCUT2D eigenvalue weighted by molar-refractivity contribution is 0.102. The molecule has 98 valence electrons. The normalized spacial score (nSPS) is 10.0. The molecule has 19 heavy (non-hydrogen) atoms. The van der Waals surface area contributed by atoms with E-state index in [4.69, 9.17) is 11.6 Å². The molecular formula is C13H13ClN4O. The van der Waals surface area contributed by atoms with Gasteiger partial charge in [-0.25, -0.2) is 4.98 Å². The maximum Gasteiger partial charge on any atom is 0.257 e. The molecule has 0 aliphatic heterocycles. The fourth-order valence-corrected chi connectivity index (χ4v) is 1.73. The summed E-state index contributed by atoms with van der Waals surface area (Å²) in [7, 11) is 0. The van der Waals surface area contributed by atoms with E-state index in [1.54, 1.807) is 30.6 Å². The molecule has 0 unspecified atom stereocenters. The maximum atomic E-state index is 12.0. The quantitative estimate of drug-likeness (QED) is 0.901. The summed E-state index contributed by atoms with van der Waals surface area (Å²) in [5.74, 6) is 0.313. The molecule has 2 N–H and O–H groups in total. The predicted octanol–water partition coefficient (Wildman–Crippen LogP) is 2.81. The van der Waals surface area contributed by atoms with Crippen molar-refractivity contribution in [1.29, 1.82) is 0 Å². The van der Waals surface area contributed by atoms with E-state index in [0.29, 0.717) is 22.1 Å². The number of hydrogen-bond donors (Lipinski definition) is 2. The second kappa shape index (κ2) is 6.15. The number of pyridine rings is 2. The molecule has 0 saturated heterocycles. The first kappa shape index (κ1) is 13.3. The first-order valence-electron chi connectivity index (χ1n) is 5.81. The lowest BCUT2D eigenvalue weighted by Crippen LogP contribution is -2.12. The highest BCUT2D eigenvalue weighted by Crippen LogP contribution is 2.20. The molecule has 2 aromatic heterocycles. The Morgan fingerprint density at radius 1 is 1.37 bits per heavy atom. The molecule has 1 amide bonds. The van der Waals surface area contributed by atoms with Crippen molar-refractivity contribution in [3.05, 3.63) is 47.4 Å². The van der Waals surface area contributed by atoms with Gasteiger partial charge in [0.25, 0.3) is 5.91 Å². The van der Waals surface area contributed by atoms with Gasteiger partial charge in [0.1, 0.15) is 5.82 Å². The van der Waals surface area contributed by atoms with Crippen LogP contribution in [0.5, 0.6) is 0 Å². The first-order chi connectivity index (χ1) is 9.20. The molecular weight excluding hydrogens is 264 g/mol. The summed E-state index contributed by atoms with van der Waals surface area (Å²) in [5, 5.41) is 6.17. The van der Waals surface area contributed by atoms with Gasteiger partial charge in [-0.05, 0) is 25.1 Å². The van der Waals surface area contributed by atoms with Crippen molar-refractivity contribution in [2.45, 2.75) is 6.92 Å². The van der Waals surface area contributed by atoms with E-state index in [-0.39, 0.29) is 5.91 Å². The highest BCUT2D eigenvalue weighted by Gasteiger charge is 2.09. The summed E-state index contributed by atoms with van der Waals surface area (Å²) in [6.45, 7) is 2.66. The van der Waals surface area contributed by atoms with Crippen molar-refractivity contribution < 1.29 is 4.79 Å². The Bertz CT molecular complexity index is 574. The topological polar surface area (TPSA) is 66.9 Å². The standard InChI is InChI=1S/C13H13ClN4O/c1-2-16-12-11(14)7-9(8-17-12)13(19)18-10-3-5-15-6-4-10/h3-8H,2H2,1H3,(H,16,17)(H,15,18,19). The van der Waals surface area contributed by atoms with Crippen LogP contribution >= 0.6 is 11.6 Å². The molecule has 0 saturated carbocycles. The molecule has 0 aromatic carbocycles. The van der Waals surface area contributed by atoms with Crippen LogP contribution in [0.2, 0.25) is 5.02 Å². The van der Waals surface area contributed by atoms with E-state index >= 15 is 0 Å². The molecule has 5 nitrogen and oxygen atoms in total. The van der Waals surface area contributed by atoms with Gasteiger partial charge in [0.2, 0.25) is 0 Å². The van der Waals surface area contributed by atoms with Crippen LogP contribution in [0, 0.1) is 0 Å². The van der Waals surface area contributed by atoms with Crippen LogP contribution in [0.3, 0.4) is 0 Å². The number of carbonyl (C=O) groups is 1. The average molecular weight is 277 g/mol. The highest BCUT2D eigenvalue weighted by atomic mass is 35.5. The van der Waals surface area contributed by atoms with Gasteiger partial charge in [0.05, 0.1) is 10.6 Å². The van der Waals surface area contributed by atoms with Crippen molar-refractivity contribution >= 4 is 29.0 Å². The molecule has 0 aliphatic rings. The second-order valence-corrected chi connectivity index (χ2v) is 4.18. The molecule has 0 bridgehead atoms. The van der Waals surface area contributed by atoms with Crippen LogP contribution in [-0.2, 0) is 0 Å². The van der Waals surface area contributed by atoms with E-state index in [1.165, 1.54) is 6.20 Å². The Hall–Kier alpha value is -2.14. The van der Waals surface area contributed by atoms with E-state index in [1.807, 2.05) is 6.92 Å². The summed E-state index contributed by atoms with van der Waals surface area (Å²) in [4.78, 5) is 20.0. The summed E-state index contributed by atoms with van der Waals surface area (Å²) in [5.41, 5.74) is 1.08. The van der Waals surface area contributed by atoms with E-state index in [0.717, 1.165) is 6.54 Å². The van der Waals surface area contributed by atoms with Gasteiger partial charge >= 0.3 is 0 Å². The third-order valence-corrected chi connectivity index (χ3v) is 2.67. The van der Waals surface area contributed by atoms with Gasteiger partial charge < -0.3 is 10.6 Å². The Kier molecular flexibility index (Phi) is 4.30. The zero-order valence-electron chi connectivity index (χ0n) is 10.4. The Balaban J connectivity index is 2.14. The summed E-state index contributed by atoms with van der Waals surface area (Å²) in [6, 6.07) is 5.00. The summed E-state index contributed by atoms with van der Waals surface area (Å²) in [6.07, 6.45) is 4.70. The molecule has 2 heterocycles. The average Bonchev–Trinajstić information content (AvgIpc) is 2.42. The number of nitrogens with one attached hydrogen (secondary N) is 2. The van der Waals surface area contributed by atoms with E-state index < -0.39 is 0 Å². The zero-order valence-corrected chi connectivity index (χ0v) is 11.1. The van der Waals surface area contributed by atoms with E-state index in [2.05, 4.69) is 20.6 Å². The lowest BCUT2D eigenvalue weighted by Gasteiger charge is -2.08. The summed E-state index contributed by atoms with van der Waals surface area (Å²) >= 11 is 6.04. The van der Waals surface area contributed by atoms with Crippen molar-refractivity contribution in [2.75, 3.05) is 17.2 Å². The Morgan fingerprint density at radius 3 is 2.74 bits per heavy atom. The van der Waals surface area contributed by atoms with E-state index in [9.17, 15) is 4.79 Å². The van der Waals surface area contributed by atoms with Crippen molar-refractivity contribution in [3.63, 3.8) is 0 Å². The minimum atomic E-state index is -0.261. The van der Waals surface area contributed by atoms with Crippen LogP contribution in [0.1, 0.15) is 17.3 Å². The largest absolute Gasteiger partial charge is 0.369 e. The molecule has 2 aromatic rings. The molecule has 6 heteroatoms. The number of nitrogens with zero attached hydrogens (tertiary/aromatic N) is 2. The number of amides is 1. The summed E-state index contributed by atoms with van der Waals surface area (Å²) < 4.78 is 0. The van der Waals surface area contributed by atoms with Crippen LogP contribution < -0.4 is 10.6 Å². The number of rotatable bonds is 4. The molecule has 0 fully saturated rings. The highest BCUT2D eigenvalue weighted by molar-refractivity contribution is 6.33. The second-order valence-electron chi connectivity index (χ2n) is 3.77. The number of hydrogen-bond acceptors (Lipinski definition) is 4. The lowest BCUT2D eigenvalue weighted by atomic mass is 10.2. The fraction of sp³-hybridized carbons (Fsp3) is 0.154. The number of anilines is 2. The van der Waals surface area contributed by atoms with Crippen molar-refractivity contribution in [2.24, 2.45) is 0 Å². The molecule has 0 aliphatic carbocycles. The van der Waals surface area contributed by atoms with Gasteiger partial charge in [-0.3, -0.25) is 9.78 Å². The third kappa shape index (κ3) is 3.42. The van der Waals surface area contributed by atoms with Crippen LogP contribution in [0.4, 0.5) is 11.5 Å². The van der Waals surface area contributed by atoms with Gasteiger partial charge in [-0.2, -0.15) is 0 Å². The maximum absolute atomic E-state index is 12.0. The molecule has 0 spiro atoms. The minimum Gasteiger partial charge on any atom is -0.369 e. The number of halogens is 1. The van der Waals surface area contributed by atoms with Crippen LogP contribution in [0.15, 0.2) is 36.8 Å². The molecule has 2 rings (SSSR count). The predicted molar refractivity (Wildman–Crippen MR) is 75.6 cm³/mol. The molecule has 0 atom stereocenters. The van der Waals surface area contributed by atoms with Gasteiger partial charge in [-0.15, -0.1) is 0 Å². The van der Waals surface area contributed by atoms with Crippen molar-refractivity contribution in [3.8, 4) is 0 Å². The Labute approximate surface area is 116 Å². The smallest absolute Gasteiger partial charge is 0.257 e. The fourth-order valence-electron chi connectivity index (χ4n) is 1.50. The van der Waals surface area contributed by atoms with Crippen LogP contribution in [-0.4, -0.2) is 22.4 Å². The van der Waals surface area contributed by atoms with Gasteiger partial charge in [0, 0.05) is 30.8 Å². The molecule has 0 radical (unpaired) electrons. The monoisotopic (exact) mass is 276 g/mol. The van der Waals surface area contributed by atoms with Gasteiger partial charge in [0.15, 0.2) is 0 Å². The number of carbonyl (C=O) groups excluding carboxylic acids is 1. The Morgan fingerprint density at radius 2 is 2.11 bits per heavy atom. The van der Waals surface area contributed by atoms with Gasteiger partial charge in [-0.1, -0.05) is 11.6 Å². The number of aromatic nitrogens is 2. The van der Waals surface area contributed by atoms with Crippen molar-refractivity contribution in [1.82, 2.24) is 9.97 Å². The third-order valence-electron chi connectivity index (χ3n) is 2.39.